The number of nitrogens with one attached hydrogen (secondary N) is 1. The third-order valence-corrected chi connectivity index (χ3v) is 4.11. The largest absolute Gasteiger partial charge is 0.371 e. The number of nitrogens with two attached hydrogens (primary N) is 1. The number of hydrogen-bond donors (Lipinski definition) is 2. The first kappa shape index (κ1) is 12.5. The maximum Gasteiger partial charge on any atom is 0.240 e. The minimum absolute atomic E-state index is 0.0225. The lowest BCUT2D eigenvalue weighted by Gasteiger charge is -2.19. The Balaban J connectivity index is 1.43. The molecule has 4 nitrogen and oxygen atoms in total. The zero-order valence-electron chi connectivity index (χ0n) is 11.2. The minimum Gasteiger partial charge on any atom is -0.371 e. The number of amides is 1. The Labute approximate surface area is 114 Å². The molecular formula is C15H21N3O. The van der Waals surface area contributed by atoms with E-state index in [4.69, 9.17) is 5.73 Å². The average molecular weight is 259 g/mol. The molecular weight excluding hydrogens is 238 g/mol. The van der Waals surface area contributed by atoms with E-state index in [1.807, 2.05) is 0 Å². The molecule has 19 heavy (non-hydrogen) atoms. The summed E-state index contributed by atoms with van der Waals surface area (Å²) in [7, 11) is 0. The van der Waals surface area contributed by atoms with Crippen molar-refractivity contribution in [3.63, 3.8) is 0 Å². The fourth-order valence-electron chi connectivity index (χ4n) is 2.65. The Morgan fingerprint density at radius 3 is 2.95 bits per heavy atom. The van der Waals surface area contributed by atoms with Gasteiger partial charge in [-0.05, 0) is 37.3 Å². The van der Waals surface area contributed by atoms with E-state index < -0.39 is 5.54 Å². The molecule has 1 aromatic rings. The number of para-hydroxylation sites is 1. The van der Waals surface area contributed by atoms with Crippen molar-refractivity contribution in [3.8, 4) is 0 Å². The molecule has 0 atom stereocenters. The fraction of sp³-hybridized carbons (Fsp3) is 0.533. The molecule has 1 aromatic carbocycles. The van der Waals surface area contributed by atoms with Crippen LogP contribution < -0.4 is 16.0 Å². The van der Waals surface area contributed by atoms with E-state index in [2.05, 4.69) is 34.5 Å². The van der Waals surface area contributed by atoms with Gasteiger partial charge in [0.25, 0.3) is 0 Å². The van der Waals surface area contributed by atoms with Gasteiger partial charge in [0.1, 0.15) is 0 Å². The number of hydrogen-bond acceptors (Lipinski definition) is 3. The number of fused-ring (bicyclic) bond motifs is 1. The summed E-state index contributed by atoms with van der Waals surface area (Å²) in [6.07, 6.45) is 3.77. The van der Waals surface area contributed by atoms with Crippen LogP contribution in [0.5, 0.6) is 0 Å². The van der Waals surface area contributed by atoms with Crippen LogP contribution in [0.25, 0.3) is 0 Å². The van der Waals surface area contributed by atoms with Crippen LogP contribution in [0.3, 0.4) is 0 Å². The van der Waals surface area contributed by atoms with Gasteiger partial charge in [-0.2, -0.15) is 0 Å². The molecule has 0 radical (unpaired) electrons. The molecule has 3 N–H and O–H groups in total. The van der Waals surface area contributed by atoms with Gasteiger partial charge in [-0.1, -0.05) is 18.2 Å². The molecule has 0 unspecified atom stereocenters. The molecule has 1 aliphatic heterocycles. The van der Waals surface area contributed by atoms with Crippen LogP contribution in [0.4, 0.5) is 5.69 Å². The molecule has 1 amide bonds. The average Bonchev–Trinajstić information content (AvgIpc) is 3.05. The zero-order valence-corrected chi connectivity index (χ0v) is 11.2. The maximum atomic E-state index is 11.7. The maximum absolute atomic E-state index is 11.7. The Kier molecular flexibility index (Phi) is 3.19. The van der Waals surface area contributed by atoms with Crippen molar-refractivity contribution in [2.24, 2.45) is 5.73 Å². The standard InChI is InChI=1S/C15H21N3O/c16-15(7-8-15)14(19)17-9-3-10-18-11-6-12-4-1-2-5-13(12)18/h1-2,4-5H,3,6-11,16H2,(H,17,19). The lowest BCUT2D eigenvalue weighted by Crippen LogP contribution is -2.43. The number of benzene rings is 1. The topological polar surface area (TPSA) is 58.4 Å². The lowest BCUT2D eigenvalue weighted by atomic mass is 10.2. The van der Waals surface area contributed by atoms with Crippen LogP contribution in [0.1, 0.15) is 24.8 Å². The van der Waals surface area contributed by atoms with Crippen LogP contribution in [0, 0.1) is 0 Å². The molecule has 1 saturated carbocycles. The number of rotatable bonds is 5. The van der Waals surface area contributed by atoms with Crippen molar-refractivity contribution in [3.05, 3.63) is 29.8 Å². The molecule has 1 aliphatic carbocycles. The summed E-state index contributed by atoms with van der Waals surface area (Å²) in [6, 6.07) is 8.56. The van der Waals surface area contributed by atoms with Crippen LogP contribution >= 0.6 is 0 Å². The SMILES string of the molecule is NC1(C(=O)NCCCN2CCc3ccccc32)CC1. The predicted octanol–water partition coefficient (Wildman–Crippen LogP) is 1.05. The highest BCUT2D eigenvalue weighted by atomic mass is 16.2. The third kappa shape index (κ3) is 2.59. The van der Waals surface area contributed by atoms with E-state index in [1.54, 1.807) is 0 Å². The highest BCUT2D eigenvalue weighted by molar-refractivity contribution is 5.88. The Bertz CT molecular complexity index is 482. The van der Waals surface area contributed by atoms with E-state index in [0.717, 1.165) is 45.3 Å². The molecule has 0 bridgehead atoms. The van der Waals surface area contributed by atoms with Crippen LogP contribution in [0.15, 0.2) is 24.3 Å². The Morgan fingerprint density at radius 2 is 2.16 bits per heavy atom. The van der Waals surface area contributed by atoms with Crippen molar-refractivity contribution in [2.45, 2.75) is 31.2 Å². The summed E-state index contributed by atoms with van der Waals surface area (Å²) in [4.78, 5) is 14.1. The fourth-order valence-corrected chi connectivity index (χ4v) is 2.65. The minimum atomic E-state index is -0.541. The summed E-state index contributed by atoms with van der Waals surface area (Å²) in [5.41, 5.74) is 8.08. The number of nitrogens with zero attached hydrogens (tertiary/aromatic N) is 1. The van der Waals surface area contributed by atoms with Gasteiger partial charge in [-0.25, -0.2) is 0 Å². The van der Waals surface area contributed by atoms with Crippen molar-refractivity contribution >= 4 is 11.6 Å². The van der Waals surface area contributed by atoms with Crippen LogP contribution in [-0.2, 0) is 11.2 Å². The first-order valence-corrected chi connectivity index (χ1v) is 7.09. The second kappa shape index (κ2) is 4.85. The quantitative estimate of drug-likeness (QED) is 0.777. The normalized spacial score (nSPS) is 19.1. The zero-order chi connectivity index (χ0) is 13.3. The summed E-state index contributed by atoms with van der Waals surface area (Å²) >= 11 is 0. The summed E-state index contributed by atoms with van der Waals surface area (Å²) < 4.78 is 0. The van der Waals surface area contributed by atoms with E-state index in [-0.39, 0.29) is 5.91 Å². The van der Waals surface area contributed by atoms with Crippen molar-refractivity contribution in [2.75, 3.05) is 24.5 Å². The second-order valence-corrected chi connectivity index (χ2v) is 5.63. The number of anilines is 1. The Hall–Kier alpha value is -1.55. The van der Waals surface area contributed by atoms with E-state index in [1.165, 1.54) is 11.3 Å². The lowest BCUT2D eigenvalue weighted by molar-refractivity contribution is -0.123. The van der Waals surface area contributed by atoms with Gasteiger partial charge in [-0.15, -0.1) is 0 Å². The van der Waals surface area contributed by atoms with Crippen LogP contribution in [0.2, 0.25) is 0 Å². The molecule has 0 aromatic heterocycles. The summed E-state index contributed by atoms with van der Waals surface area (Å²) in [5, 5.41) is 2.94. The molecule has 1 heterocycles. The molecule has 0 spiro atoms. The predicted molar refractivity (Wildman–Crippen MR) is 76.1 cm³/mol. The van der Waals surface area contributed by atoms with Gasteiger partial charge in [0, 0.05) is 25.3 Å². The second-order valence-electron chi connectivity index (χ2n) is 5.63. The first-order chi connectivity index (χ1) is 9.19. The molecule has 3 rings (SSSR count). The van der Waals surface area contributed by atoms with Crippen molar-refractivity contribution < 1.29 is 4.79 Å². The summed E-state index contributed by atoms with van der Waals surface area (Å²) in [6.45, 7) is 2.80. The van der Waals surface area contributed by atoms with Gasteiger partial charge in [0.15, 0.2) is 0 Å². The third-order valence-electron chi connectivity index (χ3n) is 4.11. The highest BCUT2D eigenvalue weighted by Crippen LogP contribution is 2.32. The molecule has 2 aliphatic rings. The number of carbonyl (C=O) groups is 1. The van der Waals surface area contributed by atoms with Crippen LogP contribution in [-0.4, -0.2) is 31.1 Å². The smallest absolute Gasteiger partial charge is 0.240 e. The van der Waals surface area contributed by atoms with Gasteiger partial charge in [-0.3, -0.25) is 4.79 Å². The van der Waals surface area contributed by atoms with Crippen molar-refractivity contribution in [1.82, 2.24) is 5.32 Å². The van der Waals surface area contributed by atoms with E-state index in [9.17, 15) is 4.79 Å². The molecule has 102 valence electrons. The number of carbonyl (C=O) groups excluding carboxylic acids is 1. The molecule has 1 fully saturated rings. The van der Waals surface area contributed by atoms with E-state index >= 15 is 0 Å². The summed E-state index contributed by atoms with van der Waals surface area (Å²) in [5.74, 6) is 0.0225. The molecule has 0 saturated heterocycles. The van der Waals surface area contributed by atoms with Gasteiger partial charge < -0.3 is 16.0 Å². The van der Waals surface area contributed by atoms with Gasteiger partial charge in [0.05, 0.1) is 5.54 Å². The van der Waals surface area contributed by atoms with Crippen molar-refractivity contribution in [1.29, 1.82) is 0 Å². The molecule has 4 heteroatoms. The Morgan fingerprint density at radius 1 is 1.37 bits per heavy atom. The van der Waals surface area contributed by atoms with Gasteiger partial charge in [0.2, 0.25) is 5.91 Å². The first-order valence-electron chi connectivity index (χ1n) is 7.09. The van der Waals surface area contributed by atoms with Gasteiger partial charge >= 0.3 is 0 Å². The van der Waals surface area contributed by atoms with E-state index in [0.29, 0.717) is 0 Å². The monoisotopic (exact) mass is 259 g/mol. The highest BCUT2D eigenvalue weighted by Gasteiger charge is 2.45.